The van der Waals surface area contributed by atoms with Crippen LogP contribution < -0.4 is 16.6 Å². The Bertz CT molecular complexity index is 141. The van der Waals surface area contributed by atoms with Crippen molar-refractivity contribution in [1.29, 1.82) is 0 Å². The number of rotatable bonds is 6. The topological polar surface area (TPSA) is 50.1 Å². The van der Waals surface area contributed by atoms with Crippen LogP contribution in [0.25, 0.3) is 0 Å². The lowest BCUT2D eigenvalue weighted by Gasteiger charge is -2.10. The zero-order valence-corrected chi connectivity index (χ0v) is 8.41. The minimum absolute atomic E-state index is 0.990. The smallest absolute Gasteiger partial charge is 0.0261 e. The van der Waals surface area contributed by atoms with Gasteiger partial charge in [-0.2, -0.15) is 0 Å². The Balaban J connectivity index is 3.82. The van der Waals surface area contributed by atoms with Crippen LogP contribution in [-0.2, 0) is 0 Å². The van der Waals surface area contributed by atoms with E-state index in [1.54, 1.807) is 0 Å². The second kappa shape index (κ2) is 7.13. The molecule has 0 aromatic heterocycles. The van der Waals surface area contributed by atoms with Gasteiger partial charge >= 0.3 is 0 Å². The number of hydrogen-bond acceptors (Lipinski definition) is 3. The summed E-state index contributed by atoms with van der Waals surface area (Å²) in [4.78, 5) is 0. The van der Waals surface area contributed by atoms with Crippen molar-refractivity contribution in [3.05, 3.63) is 11.3 Å². The van der Waals surface area contributed by atoms with E-state index >= 15 is 0 Å². The minimum Gasteiger partial charge on any atom is -0.328 e. The summed E-state index contributed by atoms with van der Waals surface area (Å²) in [6.07, 6.45) is 2.05. The molecule has 0 aromatic rings. The van der Waals surface area contributed by atoms with Gasteiger partial charge in [0, 0.05) is 18.7 Å². The zero-order chi connectivity index (χ0) is 9.40. The maximum atomic E-state index is 5.40. The first kappa shape index (κ1) is 11.5. The lowest BCUT2D eigenvalue weighted by Crippen LogP contribution is -2.26. The molecule has 0 fully saturated rings. The molecule has 0 bridgehead atoms. The molecular weight excluding hydrogens is 150 g/mol. The van der Waals surface area contributed by atoms with Gasteiger partial charge in [0.1, 0.15) is 0 Å². The van der Waals surface area contributed by atoms with Gasteiger partial charge in [-0.3, -0.25) is 5.84 Å². The Morgan fingerprint density at radius 1 is 1.33 bits per heavy atom. The van der Waals surface area contributed by atoms with Crippen molar-refractivity contribution in [2.75, 3.05) is 13.1 Å². The summed E-state index contributed by atoms with van der Waals surface area (Å²) in [5.41, 5.74) is 5.26. The van der Waals surface area contributed by atoms with Crippen LogP contribution in [0.4, 0.5) is 0 Å². The molecule has 0 spiro atoms. The molecule has 0 saturated heterocycles. The van der Waals surface area contributed by atoms with Crippen LogP contribution in [0.3, 0.4) is 0 Å². The monoisotopic (exact) mass is 171 g/mol. The summed E-state index contributed by atoms with van der Waals surface area (Å²) in [6, 6.07) is 0. The van der Waals surface area contributed by atoms with Crippen LogP contribution in [0.5, 0.6) is 0 Å². The van der Waals surface area contributed by atoms with E-state index < -0.39 is 0 Å². The normalized spacial score (nSPS) is 12.7. The van der Waals surface area contributed by atoms with Crippen LogP contribution in [0.2, 0.25) is 0 Å². The second-order valence-electron chi connectivity index (χ2n) is 2.86. The summed E-state index contributed by atoms with van der Waals surface area (Å²) < 4.78 is 0. The largest absolute Gasteiger partial charge is 0.328 e. The average Bonchev–Trinajstić information content (AvgIpc) is 2.11. The summed E-state index contributed by atoms with van der Waals surface area (Å²) >= 11 is 0. The fourth-order valence-corrected chi connectivity index (χ4v) is 1.01. The Hall–Kier alpha value is -0.540. The molecule has 0 aliphatic heterocycles. The number of hydrogen-bond donors (Lipinski definition) is 3. The molecule has 0 amide bonds. The molecule has 0 radical (unpaired) electrons. The summed E-state index contributed by atoms with van der Waals surface area (Å²) in [5.74, 6) is 5.40. The predicted molar refractivity (Wildman–Crippen MR) is 53.5 cm³/mol. The molecule has 72 valence electrons. The van der Waals surface area contributed by atoms with Gasteiger partial charge in [0.25, 0.3) is 0 Å². The summed E-state index contributed by atoms with van der Waals surface area (Å²) in [5, 5.41) is 3.26. The molecule has 0 aromatic carbocycles. The molecule has 3 heteroatoms. The maximum absolute atomic E-state index is 5.40. The van der Waals surface area contributed by atoms with Crippen molar-refractivity contribution in [1.82, 2.24) is 10.7 Å². The van der Waals surface area contributed by atoms with Crippen LogP contribution in [0, 0.1) is 0 Å². The Morgan fingerprint density at radius 2 is 2.00 bits per heavy atom. The Morgan fingerprint density at radius 3 is 2.42 bits per heavy atom. The average molecular weight is 171 g/mol. The molecule has 0 aliphatic carbocycles. The fourth-order valence-electron chi connectivity index (χ4n) is 1.01. The number of nitrogens with two attached hydrogens (primary N) is 1. The molecule has 0 rings (SSSR count). The quantitative estimate of drug-likeness (QED) is 0.319. The lowest BCUT2D eigenvalue weighted by molar-refractivity contribution is 0.672. The lowest BCUT2D eigenvalue weighted by atomic mass is 10.1. The number of hydrazine groups is 1. The van der Waals surface area contributed by atoms with Crippen molar-refractivity contribution >= 4 is 0 Å². The van der Waals surface area contributed by atoms with E-state index in [1.807, 2.05) is 0 Å². The highest BCUT2D eigenvalue weighted by atomic mass is 15.2. The first-order chi connectivity index (χ1) is 5.76. The third-order valence-corrected chi connectivity index (χ3v) is 2.02. The molecule has 12 heavy (non-hydrogen) atoms. The SMILES string of the molecule is CCNCC/C(NN)=C(/C)CC. The van der Waals surface area contributed by atoms with E-state index in [0.29, 0.717) is 0 Å². The third-order valence-electron chi connectivity index (χ3n) is 2.02. The van der Waals surface area contributed by atoms with Crippen LogP contribution in [0.15, 0.2) is 11.3 Å². The Kier molecular flexibility index (Phi) is 6.81. The highest BCUT2D eigenvalue weighted by molar-refractivity contribution is 5.09. The highest BCUT2D eigenvalue weighted by Crippen LogP contribution is 2.06. The second-order valence-corrected chi connectivity index (χ2v) is 2.86. The van der Waals surface area contributed by atoms with Crippen molar-refractivity contribution in [3.63, 3.8) is 0 Å². The molecule has 0 aliphatic rings. The van der Waals surface area contributed by atoms with Crippen LogP contribution in [-0.4, -0.2) is 13.1 Å². The van der Waals surface area contributed by atoms with Crippen molar-refractivity contribution < 1.29 is 0 Å². The first-order valence-corrected chi connectivity index (χ1v) is 4.62. The summed E-state index contributed by atoms with van der Waals surface area (Å²) in [6.45, 7) is 8.36. The molecule has 0 unspecified atom stereocenters. The van der Waals surface area contributed by atoms with Gasteiger partial charge in [0.15, 0.2) is 0 Å². The molecule has 0 heterocycles. The van der Waals surface area contributed by atoms with Gasteiger partial charge in [-0.15, -0.1) is 0 Å². The van der Waals surface area contributed by atoms with Gasteiger partial charge < -0.3 is 10.7 Å². The van der Waals surface area contributed by atoms with Crippen molar-refractivity contribution in [2.24, 2.45) is 5.84 Å². The van der Waals surface area contributed by atoms with Gasteiger partial charge in [-0.1, -0.05) is 19.4 Å². The maximum Gasteiger partial charge on any atom is 0.0261 e. The predicted octanol–water partition coefficient (Wildman–Crippen LogP) is 1.13. The van der Waals surface area contributed by atoms with Gasteiger partial charge in [-0.25, -0.2) is 0 Å². The molecule has 0 atom stereocenters. The van der Waals surface area contributed by atoms with Gasteiger partial charge in [-0.05, 0) is 19.9 Å². The standard InChI is InChI=1S/C9H21N3/c1-4-8(3)9(12-10)6-7-11-5-2/h11-12H,4-7,10H2,1-3H3/b9-8+. The van der Waals surface area contributed by atoms with E-state index in [4.69, 9.17) is 5.84 Å². The first-order valence-electron chi connectivity index (χ1n) is 4.62. The van der Waals surface area contributed by atoms with Crippen LogP contribution in [0.1, 0.15) is 33.6 Å². The van der Waals surface area contributed by atoms with Gasteiger partial charge in [0.2, 0.25) is 0 Å². The van der Waals surface area contributed by atoms with E-state index in [2.05, 4.69) is 31.5 Å². The fraction of sp³-hybridized carbons (Fsp3) is 0.778. The summed E-state index contributed by atoms with van der Waals surface area (Å²) in [7, 11) is 0. The molecular formula is C9H21N3. The zero-order valence-electron chi connectivity index (χ0n) is 8.41. The third kappa shape index (κ3) is 4.36. The van der Waals surface area contributed by atoms with Crippen LogP contribution >= 0.6 is 0 Å². The van der Waals surface area contributed by atoms with Crippen molar-refractivity contribution in [2.45, 2.75) is 33.6 Å². The number of allylic oxidation sites excluding steroid dienone is 1. The van der Waals surface area contributed by atoms with Gasteiger partial charge in [0.05, 0.1) is 0 Å². The van der Waals surface area contributed by atoms with E-state index in [9.17, 15) is 0 Å². The van der Waals surface area contributed by atoms with E-state index in [-0.39, 0.29) is 0 Å². The number of nitrogens with one attached hydrogen (secondary N) is 2. The highest BCUT2D eigenvalue weighted by Gasteiger charge is 1.97. The molecule has 3 nitrogen and oxygen atoms in total. The minimum atomic E-state index is 0.990. The molecule has 0 saturated carbocycles. The molecule has 4 N–H and O–H groups in total. The van der Waals surface area contributed by atoms with E-state index in [1.165, 1.54) is 11.3 Å². The Labute approximate surface area is 75.4 Å². The van der Waals surface area contributed by atoms with Crippen molar-refractivity contribution in [3.8, 4) is 0 Å². The van der Waals surface area contributed by atoms with E-state index in [0.717, 1.165) is 25.9 Å².